The van der Waals surface area contributed by atoms with E-state index in [-0.39, 0.29) is 19.4 Å². The normalized spacial score (nSPS) is 18.6. The Labute approximate surface area is 558 Å². The summed E-state index contributed by atoms with van der Waals surface area (Å²) in [7, 11) is 0. The van der Waals surface area contributed by atoms with Crippen molar-refractivity contribution < 1.29 is 49.3 Å². The number of rotatable bonds is 64. The second kappa shape index (κ2) is 66.3. The number of unbranched alkanes of at least 4 members (excludes halogenated alkanes) is 34. The van der Waals surface area contributed by atoms with Gasteiger partial charge in [-0.15, -0.1) is 0 Å². The van der Waals surface area contributed by atoms with Crippen molar-refractivity contribution in [2.24, 2.45) is 0 Å². The van der Waals surface area contributed by atoms with Gasteiger partial charge in [0.05, 0.1) is 25.4 Å². The number of hydrogen-bond acceptors (Lipinski definition) is 10. The van der Waals surface area contributed by atoms with E-state index in [2.05, 4.69) is 123 Å². The van der Waals surface area contributed by atoms with Gasteiger partial charge in [0.2, 0.25) is 5.91 Å². The first-order valence-corrected chi connectivity index (χ1v) is 37.7. The number of allylic oxidation sites excluding steroid dienone is 17. The van der Waals surface area contributed by atoms with E-state index in [1.165, 1.54) is 148 Å². The zero-order valence-corrected chi connectivity index (χ0v) is 58.4. The molecule has 11 heteroatoms. The number of carbonyl (C=O) groups is 2. The highest BCUT2D eigenvalue weighted by Gasteiger charge is 2.47. The summed E-state index contributed by atoms with van der Waals surface area (Å²) in [5.74, 6) is -1.20. The minimum atomic E-state index is -1.63. The fraction of sp³-hybridized carbons (Fsp3) is 0.750. The van der Waals surface area contributed by atoms with Gasteiger partial charge >= 0.3 is 5.97 Å². The van der Waals surface area contributed by atoms with Gasteiger partial charge in [0.1, 0.15) is 24.4 Å². The molecule has 1 saturated heterocycles. The van der Waals surface area contributed by atoms with Crippen LogP contribution in [0.3, 0.4) is 0 Å². The third-order valence-corrected chi connectivity index (χ3v) is 17.2. The molecular weight excluding hydrogens is 1130 g/mol. The molecule has 0 saturated carbocycles. The van der Waals surface area contributed by atoms with Gasteiger partial charge in [-0.1, -0.05) is 316 Å². The molecule has 0 spiro atoms. The maximum absolute atomic E-state index is 13.5. The zero-order chi connectivity index (χ0) is 66.0. The van der Waals surface area contributed by atoms with Crippen LogP contribution in [0.1, 0.15) is 323 Å². The van der Waals surface area contributed by atoms with Crippen LogP contribution in [-0.4, -0.2) is 99.6 Å². The van der Waals surface area contributed by atoms with Gasteiger partial charge in [0.15, 0.2) is 12.4 Å². The Kier molecular flexibility index (Phi) is 62.2. The van der Waals surface area contributed by atoms with E-state index in [0.29, 0.717) is 12.8 Å². The summed E-state index contributed by atoms with van der Waals surface area (Å²) >= 11 is 0. The topological polar surface area (TPSA) is 175 Å². The highest BCUT2D eigenvalue weighted by molar-refractivity contribution is 5.80. The largest absolute Gasteiger partial charge is 0.454 e. The molecule has 1 aliphatic heterocycles. The van der Waals surface area contributed by atoms with E-state index in [1.807, 2.05) is 6.08 Å². The first-order chi connectivity index (χ1) is 44.7. The van der Waals surface area contributed by atoms with Crippen LogP contribution in [0.15, 0.2) is 109 Å². The SMILES string of the molecule is CC/C=C\C/C=C\C/C=C\C/C=C\C/C=C\CCCCCCCCCC(=O)OC1C(OCC(NC(=O)C(O)CCCCCCCCCCCCCCC/C=C\C/C=C\C/C=C\CCCCC)C(O)/C=C/CCCCCCCCCCCCC)OC(CO)C(O)C1O. The number of ether oxygens (including phenoxy) is 3. The van der Waals surface area contributed by atoms with Crippen LogP contribution in [0.25, 0.3) is 0 Å². The van der Waals surface area contributed by atoms with Crippen molar-refractivity contribution in [1.29, 1.82) is 0 Å². The number of amides is 1. The number of hydrogen-bond donors (Lipinski definition) is 6. The van der Waals surface area contributed by atoms with Crippen molar-refractivity contribution >= 4 is 11.9 Å². The minimum Gasteiger partial charge on any atom is -0.454 e. The number of aliphatic hydroxyl groups is 5. The average Bonchev–Trinajstić information content (AvgIpc) is 1.01. The molecule has 0 radical (unpaired) electrons. The minimum absolute atomic E-state index is 0.106. The first kappa shape index (κ1) is 85.3. The fourth-order valence-electron chi connectivity index (χ4n) is 11.3. The Balaban J connectivity index is 2.57. The molecule has 0 bridgehead atoms. The molecule has 91 heavy (non-hydrogen) atoms. The summed E-state index contributed by atoms with van der Waals surface area (Å²) in [6.45, 7) is 5.68. The number of aliphatic hydroxyl groups excluding tert-OH is 5. The summed E-state index contributed by atoms with van der Waals surface area (Å²) in [4.78, 5) is 26.7. The van der Waals surface area contributed by atoms with Crippen LogP contribution in [0.4, 0.5) is 0 Å². The van der Waals surface area contributed by atoms with Crippen LogP contribution >= 0.6 is 0 Å². The van der Waals surface area contributed by atoms with Crippen molar-refractivity contribution in [2.75, 3.05) is 13.2 Å². The van der Waals surface area contributed by atoms with E-state index in [9.17, 15) is 35.1 Å². The van der Waals surface area contributed by atoms with E-state index in [1.54, 1.807) is 6.08 Å². The lowest BCUT2D eigenvalue weighted by Gasteiger charge is -2.41. The van der Waals surface area contributed by atoms with Gasteiger partial charge in [-0.3, -0.25) is 9.59 Å². The molecule has 0 aliphatic carbocycles. The molecule has 6 N–H and O–H groups in total. The highest BCUT2D eigenvalue weighted by atomic mass is 16.7. The summed E-state index contributed by atoms with van der Waals surface area (Å²) in [6.07, 6.45) is 81.2. The predicted molar refractivity (Wildman–Crippen MR) is 384 cm³/mol. The molecule has 524 valence electrons. The number of carbonyl (C=O) groups excluding carboxylic acids is 2. The Bertz CT molecular complexity index is 1900. The molecule has 8 unspecified atom stereocenters. The van der Waals surface area contributed by atoms with E-state index < -0.39 is 67.4 Å². The Morgan fingerprint density at radius 3 is 1.21 bits per heavy atom. The van der Waals surface area contributed by atoms with Gasteiger partial charge in [0.25, 0.3) is 0 Å². The Morgan fingerprint density at radius 1 is 0.440 bits per heavy atom. The lowest BCUT2D eigenvalue weighted by atomic mass is 9.99. The van der Waals surface area contributed by atoms with Crippen molar-refractivity contribution in [3.8, 4) is 0 Å². The van der Waals surface area contributed by atoms with Crippen molar-refractivity contribution in [3.63, 3.8) is 0 Å². The zero-order valence-electron chi connectivity index (χ0n) is 58.4. The summed E-state index contributed by atoms with van der Waals surface area (Å²) < 4.78 is 17.7. The summed E-state index contributed by atoms with van der Waals surface area (Å²) in [5, 5.41) is 57.4. The van der Waals surface area contributed by atoms with Gasteiger partial charge < -0.3 is 45.1 Å². The van der Waals surface area contributed by atoms with Crippen LogP contribution < -0.4 is 5.32 Å². The fourth-order valence-corrected chi connectivity index (χ4v) is 11.3. The quantitative estimate of drug-likeness (QED) is 0.0195. The number of nitrogens with one attached hydrogen (secondary N) is 1. The van der Waals surface area contributed by atoms with Gasteiger partial charge in [-0.2, -0.15) is 0 Å². The van der Waals surface area contributed by atoms with Crippen molar-refractivity contribution in [3.05, 3.63) is 109 Å². The van der Waals surface area contributed by atoms with Gasteiger partial charge in [0, 0.05) is 6.42 Å². The third kappa shape index (κ3) is 53.3. The summed E-state index contributed by atoms with van der Waals surface area (Å²) in [5.41, 5.74) is 0. The predicted octanol–water partition coefficient (Wildman–Crippen LogP) is 20.0. The molecule has 1 aliphatic rings. The molecule has 0 aromatic carbocycles. The molecular formula is C80H139NO10. The van der Waals surface area contributed by atoms with Crippen LogP contribution in [0, 0.1) is 0 Å². The maximum Gasteiger partial charge on any atom is 0.306 e. The second-order valence-electron chi connectivity index (χ2n) is 25.6. The van der Waals surface area contributed by atoms with E-state index >= 15 is 0 Å². The smallest absolute Gasteiger partial charge is 0.306 e. The van der Waals surface area contributed by atoms with Crippen molar-refractivity contribution in [1.82, 2.24) is 5.32 Å². The third-order valence-electron chi connectivity index (χ3n) is 17.2. The molecule has 8 atom stereocenters. The lowest BCUT2D eigenvalue weighted by Crippen LogP contribution is -2.61. The Hall–Kier alpha value is -3.68. The van der Waals surface area contributed by atoms with Gasteiger partial charge in [-0.05, 0) is 109 Å². The molecule has 1 rings (SSSR count). The van der Waals surface area contributed by atoms with Crippen LogP contribution in [-0.2, 0) is 23.8 Å². The standard InChI is InChI=1S/C80H139NO10/c1-4-7-10-13-16-19-22-25-27-29-31-33-35-36-37-39-40-42-44-46-49-52-55-58-61-64-67-73(84)79(88)81-71(72(83)66-63-60-57-54-51-48-24-21-18-15-12-9-6-3)70-89-80-78(77(87)76(86)74(69-82)90-80)91-75(85)68-65-62-59-56-53-50-47-45-43-41-38-34-32-30-28-26-23-20-17-14-11-8-5-2/h8,11,16-17,19-20,25-28,31-34,41,43,63,66,71-74,76-78,80,82-84,86-87H,4-7,9-10,12-15,18,21-24,29-30,35-40,42,44-62,64-65,67-70H2,1-3H3,(H,81,88)/b11-8-,19-16-,20-17-,27-25-,28-26-,33-31-,34-32-,43-41-,66-63+. The van der Waals surface area contributed by atoms with E-state index in [4.69, 9.17) is 14.2 Å². The first-order valence-electron chi connectivity index (χ1n) is 37.7. The number of esters is 1. The molecule has 11 nitrogen and oxygen atoms in total. The molecule has 1 fully saturated rings. The van der Waals surface area contributed by atoms with Crippen molar-refractivity contribution in [2.45, 2.75) is 372 Å². The van der Waals surface area contributed by atoms with Crippen LogP contribution in [0.2, 0.25) is 0 Å². The molecule has 1 heterocycles. The lowest BCUT2D eigenvalue weighted by molar-refractivity contribution is -0.305. The summed E-state index contributed by atoms with van der Waals surface area (Å²) in [6, 6.07) is -1.03. The molecule has 0 aromatic heterocycles. The second-order valence-corrected chi connectivity index (χ2v) is 25.6. The highest BCUT2D eigenvalue weighted by Crippen LogP contribution is 2.26. The van der Waals surface area contributed by atoms with E-state index in [0.717, 1.165) is 128 Å². The average molecular weight is 1270 g/mol. The van der Waals surface area contributed by atoms with Gasteiger partial charge in [-0.25, -0.2) is 0 Å². The molecule has 0 aromatic rings. The monoisotopic (exact) mass is 1270 g/mol. The Morgan fingerprint density at radius 2 is 0.791 bits per heavy atom. The van der Waals surface area contributed by atoms with Crippen LogP contribution in [0.5, 0.6) is 0 Å². The molecule has 1 amide bonds. The maximum atomic E-state index is 13.5.